The largest absolute Gasteiger partial charge is 0.399 e. The molecule has 0 aliphatic rings. The molecule has 20 heavy (non-hydrogen) atoms. The highest BCUT2D eigenvalue weighted by molar-refractivity contribution is 6.31. The highest BCUT2D eigenvalue weighted by Crippen LogP contribution is 2.26. The minimum absolute atomic E-state index is 0.587. The zero-order valence-corrected chi connectivity index (χ0v) is 11.7. The van der Waals surface area contributed by atoms with Crippen molar-refractivity contribution in [2.45, 2.75) is 0 Å². The fourth-order valence-electron chi connectivity index (χ4n) is 2.09. The molecule has 2 aromatic carbocycles. The average molecular weight is 285 g/mol. The maximum absolute atomic E-state index is 6.04. The number of aryl methyl sites for hydroxylation is 1. The van der Waals surface area contributed by atoms with Gasteiger partial charge in [0.2, 0.25) is 0 Å². The van der Waals surface area contributed by atoms with Gasteiger partial charge in [0.05, 0.1) is 0 Å². The number of benzene rings is 2. The first-order valence-electron chi connectivity index (χ1n) is 6.16. The Hall–Kier alpha value is -2.33. The molecule has 0 atom stereocenters. The van der Waals surface area contributed by atoms with Gasteiger partial charge in [0, 0.05) is 28.9 Å². The van der Waals surface area contributed by atoms with Crippen LogP contribution in [0.15, 0.2) is 48.5 Å². The second-order valence-electron chi connectivity index (χ2n) is 4.52. The molecule has 4 nitrogen and oxygen atoms in total. The van der Waals surface area contributed by atoms with Gasteiger partial charge in [-0.3, -0.25) is 0 Å². The van der Waals surface area contributed by atoms with Crippen LogP contribution in [0, 0.1) is 0 Å². The molecular weight excluding hydrogens is 272 g/mol. The predicted octanol–water partition coefficient (Wildman–Crippen LogP) is 3.38. The van der Waals surface area contributed by atoms with Crippen LogP contribution in [0.5, 0.6) is 0 Å². The van der Waals surface area contributed by atoms with E-state index in [0.717, 1.165) is 17.0 Å². The average Bonchev–Trinajstić information content (AvgIpc) is 2.81. The van der Waals surface area contributed by atoms with Crippen LogP contribution in [0.3, 0.4) is 0 Å². The molecule has 0 amide bonds. The summed E-state index contributed by atoms with van der Waals surface area (Å²) in [6.45, 7) is 0. The van der Waals surface area contributed by atoms with E-state index in [9.17, 15) is 0 Å². The van der Waals surface area contributed by atoms with Crippen LogP contribution in [0.1, 0.15) is 0 Å². The maximum atomic E-state index is 6.04. The number of nitrogens with zero attached hydrogens (tertiary/aromatic N) is 3. The summed E-state index contributed by atoms with van der Waals surface area (Å²) in [6.07, 6.45) is 0. The van der Waals surface area contributed by atoms with Gasteiger partial charge in [-0.1, -0.05) is 41.9 Å². The van der Waals surface area contributed by atoms with E-state index in [-0.39, 0.29) is 0 Å². The monoisotopic (exact) mass is 284 g/mol. The molecule has 100 valence electrons. The number of aromatic nitrogens is 3. The zero-order valence-electron chi connectivity index (χ0n) is 10.9. The minimum Gasteiger partial charge on any atom is -0.399 e. The van der Waals surface area contributed by atoms with Crippen LogP contribution in [0.4, 0.5) is 5.69 Å². The van der Waals surface area contributed by atoms with Gasteiger partial charge >= 0.3 is 0 Å². The topological polar surface area (TPSA) is 56.7 Å². The molecular formula is C15H13ClN4. The Labute approximate surface area is 121 Å². The molecule has 3 aromatic rings. The van der Waals surface area contributed by atoms with Crippen molar-refractivity contribution in [2.75, 3.05) is 5.73 Å². The summed E-state index contributed by atoms with van der Waals surface area (Å²) in [5.41, 5.74) is 8.26. The SMILES string of the molecule is Cn1nc(-c2ccccc2)nc1-c1cc(N)cc(Cl)c1. The van der Waals surface area contributed by atoms with E-state index >= 15 is 0 Å². The van der Waals surface area contributed by atoms with Gasteiger partial charge < -0.3 is 5.73 Å². The van der Waals surface area contributed by atoms with E-state index in [2.05, 4.69) is 10.1 Å². The lowest BCUT2D eigenvalue weighted by molar-refractivity contribution is 0.777. The first-order valence-corrected chi connectivity index (χ1v) is 6.54. The summed E-state index contributed by atoms with van der Waals surface area (Å²) in [7, 11) is 1.85. The van der Waals surface area contributed by atoms with Crippen molar-refractivity contribution in [3.8, 4) is 22.8 Å². The summed E-state index contributed by atoms with van der Waals surface area (Å²) < 4.78 is 1.73. The number of anilines is 1. The Balaban J connectivity index is 2.09. The molecule has 0 fully saturated rings. The third-order valence-electron chi connectivity index (χ3n) is 2.97. The van der Waals surface area contributed by atoms with Crippen LogP contribution in [0.25, 0.3) is 22.8 Å². The standard InChI is InChI=1S/C15H13ClN4/c1-20-15(11-7-12(16)9-13(17)8-11)18-14(19-20)10-5-3-2-4-6-10/h2-9H,17H2,1H3. The minimum atomic E-state index is 0.587. The molecule has 0 saturated carbocycles. The Morgan fingerprint density at radius 1 is 1.05 bits per heavy atom. The number of hydrogen-bond donors (Lipinski definition) is 1. The van der Waals surface area contributed by atoms with Crippen LogP contribution in [-0.4, -0.2) is 14.8 Å². The van der Waals surface area contributed by atoms with Gasteiger partial charge in [0.25, 0.3) is 0 Å². The van der Waals surface area contributed by atoms with Crippen molar-refractivity contribution in [2.24, 2.45) is 7.05 Å². The molecule has 0 aliphatic carbocycles. The predicted molar refractivity (Wildman–Crippen MR) is 81.3 cm³/mol. The smallest absolute Gasteiger partial charge is 0.181 e. The number of hydrogen-bond acceptors (Lipinski definition) is 3. The lowest BCUT2D eigenvalue weighted by atomic mass is 10.2. The molecule has 1 aromatic heterocycles. The molecule has 5 heteroatoms. The molecule has 3 rings (SSSR count). The Morgan fingerprint density at radius 2 is 1.80 bits per heavy atom. The molecule has 0 bridgehead atoms. The van der Waals surface area contributed by atoms with Crippen molar-refractivity contribution < 1.29 is 0 Å². The first-order chi connectivity index (χ1) is 9.63. The highest BCUT2D eigenvalue weighted by atomic mass is 35.5. The summed E-state index contributed by atoms with van der Waals surface area (Å²) in [5.74, 6) is 1.42. The fraction of sp³-hybridized carbons (Fsp3) is 0.0667. The normalized spacial score (nSPS) is 10.7. The van der Waals surface area contributed by atoms with Crippen LogP contribution >= 0.6 is 11.6 Å². The first kappa shape index (κ1) is 12.7. The van der Waals surface area contributed by atoms with Gasteiger partial charge in [-0.25, -0.2) is 9.67 Å². The fourth-order valence-corrected chi connectivity index (χ4v) is 2.33. The Kier molecular flexibility index (Phi) is 3.16. The quantitative estimate of drug-likeness (QED) is 0.734. The van der Waals surface area contributed by atoms with Gasteiger partial charge in [0.1, 0.15) is 0 Å². The molecule has 0 spiro atoms. The number of rotatable bonds is 2. The third kappa shape index (κ3) is 2.38. The number of halogens is 1. The van der Waals surface area contributed by atoms with Gasteiger partial charge in [-0.05, 0) is 18.2 Å². The molecule has 0 aliphatic heterocycles. The molecule has 0 saturated heterocycles. The van der Waals surface area contributed by atoms with E-state index in [1.54, 1.807) is 10.7 Å². The molecule has 1 heterocycles. The Bertz CT molecular complexity index is 730. The van der Waals surface area contributed by atoms with E-state index in [4.69, 9.17) is 17.3 Å². The summed E-state index contributed by atoms with van der Waals surface area (Å²) in [4.78, 5) is 4.57. The van der Waals surface area contributed by atoms with E-state index in [1.165, 1.54) is 0 Å². The van der Waals surface area contributed by atoms with Crippen molar-refractivity contribution >= 4 is 17.3 Å². The van der Waals surface area contributed by atoms with Crippen LogP contribution in [0.2, 0.25) is 5.02 Å². The summed E-state index contributed by atoms with van der Waals surface area (Å²) in [5, 5.41) is 5.03. The van der Waals surface area contributed by atoms with Crippen molar-refractivity contribution in [3.63, 3.8) is 0 Å². The van der Waals surface area contributed by atoms with Crippen LogP contribution in [-0.2, 0) is 7.05 Å². The summed E-state index contributed by atoms with van der Waals surface area (Å²) in [6, 6.07) is 15.2. The second-order valence-corrected chi connectivity index (χ2v) is 4.96. The van der Waals surface area contributed by atoms with Crippen molar-refractivity contribution in [3.05, 3.63) is 53.6 Å². The molecule has 0 radical (unpaired) electrons. The van der Waals surface area contributed by atoms with Crippen LogP contribution < -0.4 is 5.73 Å². The van der Waals surface area contributed by atoms with E-state index < -0.39 is 0 Å². The lowest BCUT2D eigenvalue weighted by Crippen LogP contribution is -1.95. The Morgan fingerprint density at radius 3 is 2.50 bits per heavy atom. The van der Waals surface area contributed by atoms with Gasteiger partial charge in [-0.2, -0.15) is 5.10 Å². The van der Waals surface area contributed by atoms with Gasteiger partial charge in [-0.15, -0.1) is 0 Å². The zero-order chi connectivity index (χ0) is 14.1. The van der Waals surface area contributed by atoms with E-state index in [0.29, 0.717) is 16.5 Å². The lowest BCUT2D eigenvalue weighted by Gasteiger charge is -2.02. The number of nitrogens with two attached hydrogens (primary N) is 1. The third-order valence-corrected chi connectivity index (χ3v) is 3.19. The molecule has 0 unspecified atom stereocenters. The van der Waals surface area contributed by atoms with E-state index in [1.807, 2.05) is 49.5 Å². The van der Waals surface area contributed by atoms with Crippen molar-refractivity contribution in [1.29, 1.82) is 0 Å². The second kappa shape index (κ2) is 4.98. The maximum Gasteiger partial charge on any atom is 0.181 e. The number of nitrogen functional groups attached to an aromatic ring is 1. The van der Waals surface area contributed by atoms with Gasteiger partial charge in [0.15, 0.2) is 11.6 Å². The van der Waals surface area contributed by atoms with Crippen molar-refractivity contribution in [1.82, 2.24) is 14.8 Å². The summed E-state index contributed by atoms with van der Waals surface area (Å²) >= 11 is 6.04. The molecule has 2 N–H and O–H groups in total. The highest BCUT2D eigenvalue weighted by Gasteiger charge is 2.11.